The van der Waals surface area contributed by atoms with Gasteiger partial charge in [0, 0.05) is 13.1 Å². The molecule has 6 heteroatoms. The fourth-order valence-corrected chi connectivity index (χ4v) is 3.23. The molecule has 2 aliphatic heterocycles. The minimum atomic E-state index is -0.871. The van der Waals surface area contributed by atoms with Crippen LogP contribution in [0.4, 0.5) is 4.79 Å². The number of rotatable bonds is 0. The van der Waals surface area contributed by atoms with Crippen molar-refractivity contribution in [2.24, 2.45) is 0 Å². The smallest absolute Gasteiger partial charge is 0.444 e. The molecular formula is C16H22BNO4. The molecule has 5 nitrogen and oxygen atoms in total. The van der Waals surface area contributed by atoms with Gasteiger partial charge in [-0.2, -0.15) is 0 Å². The van der Waals surface area contributed by atoms with Crippen LogP contribution in [-0.2, 0) is 15.0 Å². The molecule has 1 saturated heterocycles. The number of likely N-dealkylation sites (tertiary alicyclic amines) is 1. The van der Waals surface area contributed by atoms with Crippen LogP contribution in [-0.4, -0.2) is 41.8 Å². The van der Waals surface area contributed by atoms with Crippen LogP contribution in [0.15, 0.2) is 24.3 Å². The third-order valence-electron chi connectivity index (χ3n) is 4.28. The van der Waals surface area contributed by atoms with E-state index >= 15 is 0 Å². The SMILES string of the molecule is CC(C)(C)OC(=O)N1CCC2(CC1)OB(O)c1ccccc12. The molecule has 0 aliphatic carbocycles. The number of nitrogens with zero attached hydrogens (tertiary/aromatic N) is 1. The summed E-state index contributed by atoms with van der Waals surface area (Å²) in [5, 5.41) is 10.1. The average molecular weight is 303 g/mol. The number of hydrogen-bond donors (Lipinski definition) is 1. The predicted molar refractivity (Wildman–Crippen MR) is 83.9 cm³/mol. The van der Waals surface area contributed by atoms with Crippen molar-refractivity contribution in [3.63, 3.8) is 0 Å². The molecule has 1 spiro atoms. The molecule has 0 radical (unpaired) electrons. The number of carbonyl (C=O) groups is 1. The molecule has 22 heavy (non-hydrogen) atoms. The third-order valence-corrected chi connectivity index (χ3v) is 4.28. The van der Waals surface area contributed by atoms with Crippen molar-refractivity contribution in [1.82, 2.24) is 4.90 Å². The molecule has 0 unspecified atom stereocenters. The van der Waals surface area contributed by atoms with Crippen LogP contribution in [0.2, 0.25) is 0 Å². The Kier molecular flexibility index (Phi) is 3.69. The van der Waals surface area contributed by atoms with Gasteiger partial charge in [-0.25, -0.2) is 4.79 Å². The predicted octanol–water partition coefficient (Wildman–Crippen LogP) is 1.63. The van der Waals surface area contributed by atoms with E-state index in [2.05, 4.69) is 0 Å². The second-order valence-electron chi connectivity index (χ2n) is 7.02. The monoisotopic (exact) mass is 303 g/mol. The van der Waals surface area contributed by atoms with Crippen LogP contribution in [0.5, 0.6) is 0 Å². The Morgan fingerprint density at radius 3 is 2.59 bits per heavy atom. The molecule has 1 aromatic carbocycles. The first-order chi connectivity index (χ1) is 10.3. The number of hydrogen-bond acceptors (Lipinski definition) is 4. The summed E-state index contributed by atoms with van der Waals surface area (Å²) in [5.41, 5.74) is 0.924. The topological polar surface area (TPSA) is 59.0 Å². The van der Waals surface area contributed by atoms with Gasteiger partial charge in [0.2, 0.25) is 0 Å². The van der Waals surface area contributed by atoms with Gasteiger partial charge in [-0.15, -0.1) is 0 Å². The lowest BCUT2D eigenvalue weighted by molar-refractivity contribution is -0.0219. The minimum Gasteiger partial charge on any atom is -0.444 e. The first kappa shape index (κ1) is 15.4. The van der Waals surface area contributed by atoms with E-state index in [1.807, 2.05) is 45.0 Å². The Morgan fingerprint density at radius 2 is 1.95 bits per heavy atom. The molecule has 0 atom stereocenters. The molecule has 0 bridgehead atoms. The first-order valence-corrected chi connectivity index (χ1v) is 7.74. The Bertz CT molecular complexity index is 576. The van der Waals surface area contributed by atoms with Gasteiger partial charge >= 0.3 is 13.2 Å². The Hall–Kier alpha value is -1.53. The molecule has 2 heterocycles. The maximum absolute atomic E-state index is 12.1. The minimum absolute atomic E-state index is 0.283. The maximum atomic E-state index is 12.1. The zero-order valence-electron chi connectivity index (χ0n) is 13.3. The van der Waals surface area contributed by atoms with E-state index in [4.69, 9.17) is 9.39 Å². The van der Waals surface area contributed by atoms with Crippen molar-refractivity contribution in [3.05, 3.63) is 29.8 Å². The van der Waals surface area contributed by atoms with Crippen molar-refractivity contribution in [2.45, 2.75) is 44.8 Å². The average Bonchev–Trinajstić information content (AvgIpc) is 2.71. The third kappa shape index (κ3) is 2.73. The number of benzene rings is 1. The van der Waals surface area contributed by atoms with Gasteiger partial charge in [-0.3, -0.25) is 0 Å². The van der Waals surface area contributed by atoms with Gasteiger partial charge in [0.15, 0.2) is 0 Å². The second-order valence-corrected chi connectivity index (χ2v) is 7.02. The summed E-state index contributed by atoms with van der Waals surface area (Å²) in [7, 11) is -0.871. The van der Waals surface area contributed by atoms with E-state index in [9.17, 15) is 9.82 Å². The standard InChI is InChI=1S/C16H22BNO4/c1-15(2,3)21-14(19)18-10-8-16(9-11-18)12-6-4-5-7-13(12)17(20)22-16/h4-7,20H,8-11H2,1-3H3. The highest BCUT2D eigenvalue weighted by Gasteiger charge is 2.48. The summed E-state index contributed by atoms with van der Waals surface area (Å²) in [6.07, 6.45) is 1.05. The van der Waals surface area contributed by atoms with E-state index < -0.39 is 18.3 Å². The van der Waals surface area contributed by atoms with Crippen LogP contribution >= 0.6 is 0 Å². The van der Waals surface area contributed by atoms with Crippen molar-refractivity contribution >= 4 is 18.7 Å². The number of fused-ring (bicyclic) bond motifs is 2. The summed E-state index contributed by atoms with van der Waals surface area (Å²) in [4.78, 5) is 13.9. The highest BCUT2D eigenvalue weighted by molar-refractivity contribution is 6.61. The van der Waals surface area contributed by atoms with Gasteiger partial charge in [0.1, 0.15) is 5.60 Å². The van der Waals surface area contributed by atoms with Gasteiger partial charge in [-0.1, -0.05) is 24.3 Å². The van der Waals surface area contributed by atoms with E-state index in [1.165, 1.54) is 0 Å². The summed E-state index contributed by atoms with van der Waals surface area (Å²) in [6.45, 7) is 6.72. The van der Waals surface area contributed by atoms with E-state index in [0.29, 0.717) is 25.9 Å². The van der Waals surface area contributed by atoms with E-state index in [1.54, 1.807) is 4.90 Å². The van der Waals surface area contributed by atoms with Gasteiger partial charge in [-0.05, 0) is 44.6 Å². The normalized spacial score (nSPS) is 20.2. The van der Waals surface area contributed by atoms with Gasteiger partial charge in [0.05, 0.1) is 5.60 Å². The maximum Gasteiger partial charge on any atom is 0.492 e. The van der Waals surface area contributed by atoms with Gasteiger partial charge in [0.25, 0.3) is 0 Å². The lowest BCUT2D eigenvalue weighted by Gasteiger charge is -2.40. The zero-order valence-corrected chi connectivity index (χ0v) is 13.3. The van der Waals surface area contributed by atoms with Crippen LogP contribution < -0.4 is 5.46 Å². The van der Waals surface area contributed by atoms with E-state index in [0.717, 1.165) is 11.0 Å². The fourth-order valence-electron chi connectivity index (χ4n) is 3.23. The quantitative estimate of drug-likeness (QED) is 0.740. The van der Waals surface area contributed by atoms with Crippen LogP contribution in [0.25, 0.3) is 0 Å². The zero-order chi connectivity index (χ0) is 16.0. The number of piperidine rings is 1. The number of carbonyl (C=O) groups excluding carboxylic acids is 1. The highest BCUT2D eigenvalue weighted by Crippen LogP contribution is 2.40. The van der Waals surface area contributed by atoms with Crippen molar-refractivity contribution in [3.8, 4) is 0 Å². The van der Waals surface area contributed by atoms with E-state index in [-0.39, 0.29) is 6.09 Å². The molecule has 118 valence electrons. The molecule has 1 fully saturated rings. The van der Waals surface area contributed by atoms with Crippen LogP contribution in [0.1, 0.15) is 39.2 Å². The van der Waals surface area contributed by atoms with Crippen molar-refractivity contribution in [1.29, 1.82) is 0 Å². The lowest BCUT2D eigenvalue weighted by Crippen LogP contribution is -2.47. The summed E-state index contributed by atoms with van der Waals surface area (Å²) < 4.78 is 11.3. The van der Waals surface area contributed by atoms with Gasteiger partial charge < -0.3 is 19.3 Å². The largest absolute Gasteiger partial charge is 0.492 e. The molecule has 0 aromatic heterocycles. The Morgan fingerprint density at radius 1 is 1.32 bits per heavy atom. The highest BCUT2D eigenvalue weighted by atomic mass is 16.6. The van der Waals surface area contributed by atoms with Crippen LogP contribution in [0, 0.1) is 0 Å². The van der Waals surface area contributed by atoms with Crippen molar-refractivity contribution in [2.75, 3.05) is 13.1 Å². The molecule has 2 aliphatic rings. The molecule has 0 saturated carbocycles. The molecule has 1 N–H and O–H groups in total. The summed E-state index contributed by atoms with van der Waals surface area (Å²) in [5.74, 6) is 0. The summed E-state index contributed by atoms with van der Waals surface area (Å²) in [6, 6.07) is 7.77. The first-order valence-electron chi connectivity index (χ1n) is 7.74. The second kappa shape index (κ2) is 5.28. The summed E-state index contributed by atoms with van der Waals surface area (Å²) >= 11 is 0. The Balaban J connectivity index is 1.71. The van der Waals surface area contributed by atoms with Crippen LogP contribution in [0.3, 0.4) is 0 Å². The Labute approximate surface area is 131 Å². The fraction of sp³-hybridized carbons (Fsp3) is 0.562. The number of amides is 1. The van der Waals surface area contributed by atoms with Crippen molar-refractivity contribution < 1.29 is 19.2 Å². The molecule has 3 rings (SSSR count). The molecule has 1 amide bonds. The number of ether oxygens (including phenoxy) is 1. The molecular weight excluding hydrogens is 281 g/mol. The lowest BCUT2D eigenvalue weighted by atomic mass is 9.76. The molecule has 1 aromatic rings.